The van der Waals surface area contributed by atoms with Gasteiger partial charge in [0.1, 0.15) is 8.24 Å². The highest BCUT2D eigenvalue weighted by Crippen LogP contribution is 2.22. The second-order valence-electron chi connectivity index (χ2n) is 5.53. The SMILES string of the molecule is CCN(C1CC=CCC1)[Si](C)(C)C.O=C(O)SC(=O)O. The van der Waals surface area contributed by atoms with Crippen molar-refractivity contribution in [1.29, 1.82) is 0 Å². The van der Waals surface area contributed by atoms with Crippen LogP contribution in [0.4, 0.5) is 9.59 Å². The van der Waals surface area contributed by atoms with Crippen molar-refractivity contribution in [1.82, 2.24) is 4.57 Å². The minimum absolute atomic E-state index is 0.157. The van der Waals surface area contributed by atoms with Gasteiger partial charge < -0.3 is 14.8 Å². The smallest absolute Gasteiger partial charge is 0.376 e. The van der Waals surface area contributed by atoms with Crippen LogP contribution < -0.4 is 0 Å². The minimum Gasteiger partial charge on any atom is -0.473 e. The van der Waals surface area contributed by atoms with Crippen molar-refractivity contribution in [2.75, 3.05) is 6.54 Å². The van der Waals surface area contributed by atoms with Crippen LogP contribution in [0.3, 0.4) is 0 Å². The third-order valence-corrected chi connectivity index (χ3v) is 5.81. The maximum Gasteiger partial charge on any atom is 0.376 e. The summed E-state index contributed by atoms with van der Waals surface area (Å²) in [4.78, 5) is 18.8. The van der Waals surface area contributed by atoms with Crippen LogP contribution in [0, 0.1) is 0 Å². The van der Waals surface area contributed by atoms with Crippen molar-refractivity contribution in [3.8, 4) is 0 Å². The van der Waals surface area contributed by atoms with Crippen molar-refractivity contribution in [2.24, 2.45) is 0 Å². The lowest BCUT2D eigenvalue weighted by Crippen LogP contribution is -2.51. The summed E-state index contributed by atoms with van der Waals surface area (Å²) in [6.07, 6.45) is 8.61. The topological polar surface area (TPSA) is 77.8 Å². The molecule has 1 aliphatic carbocycles. The molecule has 0 aromatic carbocycles. The summed E-state index contributed by atoms with van der Waals surface area (Å²) in [6, 6.07) is 0.835. The maximum atomic E-state index is 9.39. The molecule has 0 amide bonds. The average molecular weight is 319 g/mol. The zero-order valence-corrected chi connectivity index (χ0v) is 14.4. The molecule has 5 nitrogen and oxygen atoms in total. The summed E-state index contributed by atoms with van der Waals surface area (Å²) >= 11 is -0.157. The molecule has 1 rings (SSSR count). The molecule has 0 aromatic rings. The van der Waals surface area contributed by atoms with Gasteiger partial charge in [0, 0.05) is 6.04 Å². The second-order valence-corrected chi connectivity index (χ2v) is 11.3. The van der Waals surface area contributed by atoms with Crippen LogP contribution in [-0.4, -0.2) is 46.2 Å². The number of allylic oxidation sites excluding steroid dienone is 1. The first-order valence-electron chi connectivity index (χ1n) is 6.74. The van der Waals surface area contributed by atoms with E-state index >= 15 is 0 Å². The Balaban J connectivity index is 0.000000441. The molecule has 1 atom stereocenters. The summed E-state index contributed by atoms with van der Waals surface area (Å²) < 4.78 is 2.76. The van der Waals surface area contributed by atoms with Gasteiger partial charge in [-0.15, -0.1) is 0 Å². The third kappa shape index (κ3) is 8.39. The number of carboxylic acid groups (broad SMARTS) is 2. The van der Waals surface area contributed by atoms with Crippen LogP contribution in [0.2, 0.25) is 19.6 Å². The normalized spacial score (nSPS) is 18.4. The molecule has 20 heavy (non-hydrogen) atoms. The fourth-order valence-electron chi connectivity index (χ4n) is 2.42. The Kier molecular flexibility index (Phi) is 8.83. The number of hydrogen-bond donors (Lipinski definition) is 2. The molecule has 116 valence electrons. The predicted octanol–water partition coefficient (Wildman–Crippen LogP) is 4.33. The Morgan fingerprint density at radius 2 is 1.80 bits per heavy atom. The van der Waals surface area contributed by atoms with E-state index in [1.165, 1.54) is 25.8 Å². The molecule has 0 spiro atoms. The molecule has 7 heteroatoms. The van der Waals surface area contributed by atoms with Crippen molar-refractivity contribution in [2.45, 2.75) is 51.9 Å². The first kappa shape index (κ1) is 19.2. The minimum atomic E-state index is -1.40. The van der Waals surface area contributed by atoms with Crippen LogP contribution >= 0.6 is 11.8 Å². The molecule has 0 aromatic heterocycles. The zero-order chi connectivity index (χ0) is 15.8. The zero-order valence-electron chi connectivity index (χ0n) is 12.6. The van der Waals surface area contributed by atoms with E-state index in [4.69, 9.17) is 10.2 Å². The second kappa shape index (κ2) is 9.20. The Labute approximate surface area is 126 Å². The number of rotatable bonds is 3. The lowest BCUT2D eigenvalue weighted by Gasteiger charge is -2.40. The van der Waals surface area contributed by atoms with Crippen LogP contribution in [0.1, 0.15) is 26.2 Å². The lowest BCUT2D eigenvalue weighted by atomic mass is 10.0. The molecule has 0 heterocycles. The first-order chi connectivity index (χ1) is 9.18. The van der Waals surface area contributed by atoms with Gasteiger partial charge in [0.15, 0.2) is 0 Å². The van der Waals surface area contributed by atoms with E-state index in [1.54, 1.807) is 0 Å². The molecule has 0 saturated heterocycles. The van der Waals surface area contributed by atoms with E-state index in [9.17, 15) is 9.59 Å². The molecule has 0 saturated carbocycles. The van der Waals surface area contributed by atoms with Crippen LogP contribution in [0.15, 0.2) is 12.2 Å². The van der Waals surface area contributed by atoms with Gasteiger partial charge in [0.2, 0.25) is 0 Å². The largest absolute Gasteiger partial charge is 0.473 e. The first-order valence-corrected chi connectivity index (χ1v) is 11.0. The van der Waals surface area contributed by atoms with E-state index in [-0.39, 0.29) is 11.8 Å². The number of hydrogen-bond acceptors (Lipinski definition) is 4. The third-order valence-electron chi connectivity index (χ3n) is 3.06. The van der Waals surface area contributed by atoms with Gasteiger partial charge in [0.05, 0.1) is 11.8 Å². The Bertz CT molecular complexity index is 343. The van der Waals surface area contributed by atoms with E-state index in [0.717, 1.165) is 6.04 Å². The van der Waals surface area contributed by atoms with Crippen LogP contribution in [0.5, 0.6) is 0 Å². The average Bonchev–Trinajstić information content (AvgIpc) is 2.28. The molecule has 1 aliphatic rings. The predicted molar refractivity (Wildman–Crippen MR) is 86.1 cm³/mol. The molecule has 2 N–H and O–H groups in total. The maximum absolute atomic E-state index is 9.39. The van der Waals surface area contributed by atoms with Crippen LogP contribution in [0.25, 0.3) is 0 Å². The highest BCUT2D eigenvalue weighted by molar-refractivity contribution is 8.25. The Morgan fingerprint density at radius 3 is 2.05 bits per heavy atom. The molecule has 0 bridgehead atoms. The number of carbonyl (C=O) groups is 2. The van der Waals surface area contributed by atoms with Gasteiger partial charge in [-0.1, -0.05) is 38.7 Å². The van der Waals surface area contributed by atoms with Gasteiger partial charge in [-0.2, -0.15) is 0 Å². The van der Waals surface area contributed by atoms with Crippen LogP contribution in [-0.2, 0) is 0 Å². The van der Waals surface area contributed by atoms with Gasteiger partial charge in [-0.05, 0) is 25.8 Å². The van der Waals surface area contributed by atoms with Crippen molar-refractivity contribution in [3.05, 3.63) is 12.2 Å². The summed E-state index contributed by atoms with van der Waals surface area (Å²) in [5.41, 5.74) is 0. The molecular weight excluding hydrogens is 294 g/mol. The van der Waals surface area contributed by atoms with Crippen molar-refractivity contribution in [3.63, 3.8) is 0 Å². The van der Waals surface area contributed by atoms with Gasteiger partial charge in [0.25, 0.3) is 0 Å². The Hall–Kier alpha value is -0.793. The summed E-state index contributed by atoms with van der Waals surface area (Å²) in [7, 11) is -1.07. The van der Waals surface area contributed by atoms with Gasteiger partial charge in [-0.25, -0.2) is 9.59 Å². The highest BCUT2D eigenvalue weighted by atomic mass is 32.2. The summed E-state index contributed by atoms with van der Waals surface area (Å²) in [6.45, 7) is 10.9. The fraction of sp³-hybridized carbons (Fsp3) is 0.692. The monoisotopic (exact) mass is 319 g/mol. The summed E-state index contributed by atoms with van der Waals surface area (Å²) in [5.74, 6) is 0. The lowest BCUT2D eigenvalue weighted by molar-refractivity contribution is 0.217. The van der Waals surface area contributed by atoms with E-state index < -0.39 is 18.8 Å². The number of nitrogens with zero attached hydrogens (tertiary/aromatic N) is 1. The van der Waals surface area contributed by atoms with E-state index in [1.807, 2.05) is 0 Å². The molecule has 0 aliphatic heterocycles. The quantitative estimate of drug-likeness (QED) is 0.595. The van der Waals surface area contributed by atoms with E-state index in [2.05, 4.69) is 43.3 Å². The molecular formula is C13H25NO4SSi. The molecule has 1 unspecified atom stereocenters. The molecule has 0 radical (unpaired) electrons. The van der Waals surface area contributed by atoms with E-state index in [0.29, 0.717) is 0 Å². The summed E-state index contributed by atoms with van der Waals surface area (Å²) in [5, 5.41) is 12.5. The number of thioether (sulfide) groups is 1. The van der Waals surface area contributed by atoms with Gasteiger partial charge in [-0.3, -0.25) is 0 Å². The Morgan fingerprint density at radius 1 is 1.25 bits per heavy atom. The standard InChI is InChI=1S/C11H23NSi.C2H2O4S/c1-5-12(13(2,3)4)11-9-7-6-8-10-11;3-1(4)7-2(5)6/h6-7,11H,5,8-10H2,1-4H3;(H,3,4)(H,5,6). The van der Waals surface area contributed by atoms with Crippen molar-refractivity contribution >= 4 is 30.6 Å². The highest BCUT2D eigenvalue weighted by Gasteiger charge is 2.28. The molecule has 0 fully saturated rings. The van der Waals surface area contributed by atoms with Crippen molar-refractivity contribution < 1.29 is 19.8 Å². The van der Waals surface area contributed by atoms with Gasteiger partial charge >= 0.3 is 10.6 Å². The fourth-order valence-corrected chi connectivity index (χ4v) is 4.84.